The van der Waals surface area contributed by atoms with Crippen molar-refractivity contribution in [2.75, 3.05) is 13.1 Å². The monoisotopic (exact) mass is 271 g/mol. The van der Waals surface area contributed by atoms with Crippen LogP contribution >= 0.6 is 0 Å². The van der Waals surface area contributed by atoms with Gasteiger partial charge >= 0.3 is 58.4 Å². The van der Waals surface area contributed by atoms with Crippen LogP contribution in [0.5, 0.6) is 0 Å². The zero-order valence-electron chi connectivity index (χ0n) is 10.5. The number of hydrogen-bond acceptors (Lipinski definition) is 1. The quantitative estimate of drug-likeness (QED) is 0.669. The van der Waals surface area contributed by atoms with Crippen LogP contribution in [-0.2, 0) is 0 Å². The van der Waals surface area contributed by atoms with Gasteiger partial charge < -0.3 is 12.9 Å². The van der Waals surface area contributed by atoms with E-state index in [0.717, 1.165) is 32.2 Å². The smallest absolute Gasteiger partial charge is 0.445 e. The van der Waals surface area contributed by atoms with Crippen molar-refractivity contribution in [2.24, 2.45) is 0 Å². The fraction of sp³-hybridized carbons (Fsp3) is 0.818. The summed E-state index contributed by atoms with van der Waals surface area (Å²) in [5, 5.41) is 0. The zero-order valence-corrected chi connectivity index (χ0v) is 13.6. The van der Waals surface area contributed by atoms with Gasteiger partial charge in [-0.25, -0.2) is 0 Å². The molecule has 1 saturated carbocycles. The van der Waals surface area contributed by atoms with Crippen LogP contribution in [0.2, 0.25) is 0 Å². The molecule has 1 saturated heterocycles. The predicted molar refractivity (Wildman–Crippen MR) is 60.2 cm³/mol. The molecule has 0 aromatic rings. The summed E-state index contributed by atoms with van der Waals surface area (Å²) in [6.07, 6.45) is 6.60. The Morgan fingerprint density at radius 2 is 1.65 bits per heavy atom. The van der Waals surface area contributed by atoms with Gasteiger partial charge in [0.15, 0.2) is 0 Å². The van der Waals surface area contributed by atoms with Crippen LogP contribution in [0, 0.1) is 0 Å². The fourth-order valence-corrected chi connectivity index (χ4v) is 3.19. The van der Waals surface area contributed by atoms with Crippen molar-refractivity contribution >= 4 is 6.98 Å². The first-order valence-corrected chi connectivity index (χ1v) is 6.07. The minimum absolute atomic E-state index is 0. The summed E-state index contributed by atoms with van der Waals surface area (Å²) in [5.41, 5.74) is -0.447. The Labute approximate surface area is 144 Å². The fourth-order valence-electron chi connectivity index (χ4n) is 3.19. The Bertz CT molecular complexity index is 281. The summed E-state index contributed by atoms with van der Waals surface area (Å²) in [4.78, 5) is 2.04. The van der Waals surface area contributed by atoms with E-state index in [1.54, 1.807) is 0 Å². The van der Waals surface area contributed by atoms with Gasteiger partial charge in [-0.2, -0.15) is 0 Å². The standard InChI is InChI=1S/C11H18BF3N.K/c1-10(12(13,14)15)9-16-8-4-7-11(16)5-2-3-6-11;/h1-9H2;/q-1;+1. The number of hydrogen-bond donors (Lipinski definition) is 0. The molecule has 1 heterocycles. The Balaban J connectivity index is 0.00000144. The molecule has 2 aliphatic rings. The molecule has 0 radical (unpaired) electrons. The van der Waals surface area contributed by atoms with E-state index in [4.69, 9.17) is 0 Å². The molecule has 2 fully saturated rings. The summed E-state index contributed by atoms with van der Waals surface area (Å²) in [6, 6.07) is 0. The third-order valence-corrected chi connectivity index (χ3v) is 4.13. The Morgan fingerprint density at radius 1 is 1.12 bits per heavy atom. The molecule has 0 N–H and O–H groups in total. The van der Waals surface area contributed by atoms with E-state index >= 15 is 0 Å². The number of likely N-dealkylation sites (tertiary alicyclic amines) is 1. The average Bonchev–Trinajstić information content (AvgIpc) is 2.78. The van der Waals surface area contributed by atoms with Gasteiger partial charge in [0.1, 0.15) is 0 Å². The molecular weight excluding hydrogens is 253 g/mol. The van der Waals surface area contributed by atoms with Gasteiger partial charge in [0.2, 0.25) is 0 Å². The number of rotatable bonds is 3. The summed E-state index contributed by atoms with van der Waals surface area (Å²) >= 11 is 0. The van der Waals surface area contributed by atoms with Crippen LogP contribution < -0.4 is 51.4 Å². The van der Waals surface area contributed by atoms with Crippen molar-refractivity contribution in [3.05, 3.63) is 12.1 Å². The van der Waals surface area contributed by atoms with Gasteiger partial charge in [-0.05, 0) is 38.8 Å². The van der Waals surface area contributed by atoms with E-state index < -0.39 is 12.4 Å². The summed E-state index contributed by atoms with van der Waals surface area (Å²) in [6.45, 7) is -0.816. The van der Waals surface area contributed by atoms with Crippen LogP contribution in [-0.4, -0.2) is 30.5 Å². The van der Waals surface area contributed by atoms with Crippen molar-refractivity contribution < 1.29 is 64.3 Å². The molecular formula is C11H18BF3KN. The average molecular weight is 271 g/mol. The molecule has 0 amide bonds. The molecule has 0 bridgehead atoms. The molecule has 2 rings (SSSR count). The van der Waals surface area contributed by atoms with Crippen LogP contribution in [0.1, 0.15) is 38.5 Å². The SMILES string of the molecule is C=C(CN1CCCC12CCCC2)[B-](F)(F)F.[K+]. The van der Waals surface area contributed by atoms with Crippen molar-refractivity contribution in [3.63, 3.8) is 0 Å². The third-order valence-electron chi connectivity index (χ3n) is 4.13. The second kappa shape index (κ2) is 6.10. The molecule has 0 atom stereocenters. The summed E-state index contributed by atoms with van der Waals surface area (Å²) < 4.78 is 37.5. The van der Waals surface area contributed by atoms with Gasteiger partial charge in [0.05, 0.1) is 0 Å². The van der Waals surface area contributed by atoms with Crippen LogP contribution in [0.25, 0.3) is 0 Å². The first-order valence-electron chi connectivity index (χ1n) is 6.07. The minimum Gasteiger partial charge on any atom is -0.445 e. The predicted octanol–water partition coefficient (Wildman–Crippen LogP) is 0.342. The Kier molecular flexibility index (Phi) is 5.83. The minimum atomic E-state index is -4.86. The first-order chi connectivity index (χ1) is 7.44. The summed E-state index contributed by atoms with van der Waals surface area (Å²) in [5.74, 6) is 0. The molecule has 1 nitrogen and oxygen atoms in total. The van der Waals surface area contributed by atoms with Crippen LogP contribution in [0.15, 0.2) is 12.1 Å². The molecule has 92 valence electrons. The molecule has 1 aliphatic carbocycles. The molecule has 17 heavy (non-hydrogen) atoms. The van der Waals surface area contributed by atoms with Gasteiger partial charge in [-0.1, -0.05) is 12.8 Å². The number of nitrogens with zero attached hydrogens (tertiary/aromatic N) is 1. The second-order valence-electron chi connectivity index (χ2n) is 5.19. The van der Waals surface area contributed by atoms with Crippen molar-refractivity contribution in [3.8, 4) is 0 Å². The molecule has 6 heteroatoms. The normalized spacial score (nSPS) is 23.9. The van der Waals surface area contributed by atoms with E-state index in [1.165, 1.54) is 12.8 Å². The first kappa shape index (κ1) is 16.2. The van der Waals surface area contributed by atoms with E-state index in [2.05, 4.69) is 6.58 Å². The Morgan fingerprint density at radius 3 is 2.18 bits per heavy atom. The molecule has 0 unspecified atom stereocenters. The largest absolute Gasteiger partial charge is 1.00 e. The van der Waals surface area contributed by atoms with Gasteiger partial charge in [-0.3, -0.25) is 4.90 Å². The third kappa shape index (κ3) is 3.60. The summed E-state index contributed by atoms with van der Waals surface area (Å²) in [7, 11) is 0. The second-order valence-corrected chi connectivity index (χ2v) is 5.19. The van der Waals surface area contributed by atoms with Crippen LogP contribution in [0.4, 0.5) is 12.9 Å². The maximum absolute atomic E-state index is 12.5. The van der Waals surface area contributed by atoms with Gasteiger partial charge in [0.25, 0.3) is 0 Å². The van der Waals surface area contributed by atoms with E-state index in [1.807, 2.05) is 4.90 Å². The molecule has 1 aliphatic heterocycles. The Hall–Kier alpha value is 1.19. The molecule has 0 aromatic heterocycles. The molecule has 0 aromatic carbocycles. The van der Waals surface area contributed by atoms with Gasteiger partial charge in [-0.15, -0.1) is 12.1 Å². The van der Waals surface area contributed by atoms with E-state index in [9.17, 15) is 12.9 Å². The number of halogens is 3. The topological polar surface area (TPSA) is 3.24 Å². The van der Waals surface area contributed by atoms with Crippen molar-refractivity contribution in [2.45, 2.75) is 44.1 Å². The van der Waals surface area contributed by atoms with E-state index in [-0.39, 0.29) is 63.5 Å². The maximum atomic E-state index is 12.5. The van der Waals surface area contributed by atoms with E-state index in [0.29, 0.717) is 0 Å². The van der Waals surface area contributed by atoms with Crippen molar-refractivity contribution in [1.29, 1.82) is 0 Å². The van der Waals surface area contributed by atoms with Crippen LogP contribution in [0.3, 0.4) is 0 Å². The maximum Gasteiger partial charge on any atom is 1.00 e. The van der Waals surface area contributed by atoms with Gasteiger partial charge in [0, 0.05) is 5.54 Å². The zero-order chi connectivity index (χ0) is 11.8. The molecule has 1 spiro atoms. The van der Waals surface area contributed by atoms with Crippen molar-refractivity contribution in [1.82, 2.24) is 4.90 Å².